The number of carbonyl (C=O) groups is 3. The molecule has 0 aromatic heterocycles. The summed E-state index contributed by atoms with van der Waals surface area (Å²) in [5, 5.41) is 10.9. The number of sulfonamides is 1. The average molecular weight is 358 g/mol. The normalized spacial score (nSPS) is 11.5. The minimum Gasteiger partial charge on any atom is -0.478 e. The number of nitrogens with one attached hydrogen (secondary N) is 2. The quantitative estimate of drug-likeness (QED) is 0.704. The van der Waals surface area contributed by atoms with E-state index in [0.29, 0.717) is 0 Å². The van der Waals surface area contributed by atoms with Crippen LogP contribution in [0.1, 0.15) is 31.1 Å². The molecule has 0 fully saturated rings. The fourth-order valence-electron chi connectivity index (χ4n) is 1.49. The molecule has 0 aliphatic rings. The van der Waals surface area contributed by atoms with Gasteiger partial charge in [-0.05, 0) is 45.0 Å². The van der Waals surface area contributed by atoms with E-state index >= 15 is 0 Å². The van der Waals surface area contributed by atoms with Crippen LogP contribution in [-0.4, -0.2) is 43.6 Å². The Balaban J connectivity index is 2.65. The monoisotopic (exact) mass is 358 g/mol. The van der Waals surface area contributed by atoms with Gasteiger partial charge < -0.3 is 15.2 Å². The van der Waals surface area contributed by atoms with Gasteiger partial charge in [0, 0.05) is 0 Å². The van der Waals surface area contributed by atoms with Gasteiger partial charge in [0.1, 0.15) is 12.1 Å². The molecule has 0 unspecified atom stereocenters. The smallest absolute Gasteiger partial charge is 0.408 e. The third-order valence-corrected chi connectivity index (χ3v) is 3.84. The highest BCUT2D eigenvalue weighted by Crippen LogP contribution is 2.10. The number of carboxylic acid groups (broad SMARTS) is 1. The van der Waals surface area contributed by atoms with Crippen molar-refractivity contribution in [3.8, 4) is 0 Å². The standard InChI is InChI=1S/C14H18N2O7S/c1-14(2,3)23-13(20)15-8-11(17)16-24(21,22)10-6-4-9(5-7-10)12(18)19/h4-7H,8H2,1-3H3,(H,15,20)(H,16,17)(H,18,19). The van der Waals surface area contributed by atoms with Gasteiger partial charge in [-0.3, -0.25) is 4.79 Å². The fourth-order valence-corrected chi connectivity index (χ4v) is 2.47. The Morgan fingerprint density at radius 1 is 1.12 bits per heavy atom. The second kappa shape index (κ2) is 7.30. The molecule has 0 atom stereocenters. The summed E-state index contributed by atoms with van der Waals surface area (Å²) in [4.78, 5) is 33.4. The number of carbonyl (C=O) groups excluding carboxylic acids is 2. The predicted molar refractivity (Wildman–Crippen MR) is 83.0 cm³/mol. The number of ether oxygens (including phenoxy) is 1. The Kier molecular flexibility index (Phi) is 5.91. The van der Waals surface area contributed by atoms with E-state index in [1.807, 2.05) is 0 Å². The Morgan fingerprint density at radius 3 is 2.12 bits per heavy atom. The maximum Gasteiger partial charge on any atom is 0.408 e. The van der Waals surface area contributed by atoms with Gasteiger partial charge in [-0.15, -0.1) is 0 Å². The molecular weight excluding hydrogens is 340 g/mol. The molecule has 0 saturated carbocycles. The second-order valence-corrected chi connectivity index (χ2v) is 7.40. The summed E-state index contributed by atoms with van der Waals surface area (Å²) in [7, 11) is -4.17. The highest BCUT2D eigenvalue weighted by atomic mass is 32.2. The van der Waals surface area contributed by atoms with Gasteiger partial charge in [0.15, 0.2) is 0 Å². The first-order valence-electron chi connectivity index (χ1n) is 6.76. The molecule has 24 heavy (non-hydrogen) atoms. The van der Waals surface area contributed by atoms with E-state index in [0.717, 1.165) is 24.3 Å². The molecule has 132 valence electrons. The largest absolute Gasteiger partial charge is 0.478 e. The van der Waals surface area contributed by atoms with Crippen LogP contribution in [-0.2, 0) is 19.6 Å². The number of aromatic carboxylic acids is 1. The summed E-state index contributed by atoms with van der Waals surface area (Å²) in [5.41, 5.74) is -0.842. The zero-order valence-electron chi connectivity index (χ0n) is 13.3. The number of alkyl carbamates (subject to hydrolysis) is 1. The molecule has 10 heteroatoms. The maximum atomic E-state index is 12.0. The topological polar surface area (TPSA) is 139 Å². The van der Waals surface area contributed by atoms with Crippen molar-refractivity contribution in [3.63, 3.8) is 0 Å². The van der Waals surface area contributed by atoms with Gasteiger partial charge in [0.05, 0.1) is 10.5 Å². The number of carboxylic acids is 1. The van der Waals surface area contributed by atoms with E-state index in [2.05, 4.69) is 5.32 Å². The van der Waals surface area contributed by atoms with Crippen LogP contribution in [0.25, 0.3) is 0 Å². The predicted octanol–water partition coefficient (Wildman–Crippen LogP) is 0.714. The molecule has 2 amide bonds. The first-order chi connectivity index (χ1) is 10.9. The Labute approximate surface area is 139 Å². The van der Waals surface area contributed by atoms with Crippen molar-refractivity contribution in [3.05, 3.63) is 29.8 Å². The molecular formula is C14H18N2O7S. The Morgan fingerprint density at radius 2 is 1.67 bits per heavy atom. The third kappa shape index (κ3) is 6.24. The first kappa shape index (κ1) is 19.4. The van der Waals surface area contributed by atoms with Crippen LogP contribution in [0.15, 0.2) is 29.2 Å². The molecule has 0 radical (unpaired) electrons. The van der Waals surface area contributed by atoms with Crippen molar-refractivity contribution in [2.45, 2.75) is 31.3 Å². The van der Waals surface area contributed by atoms with Crippen molar-refractivity contribution in [1.29, 1.82) is 0 Å². The zero-order valence-corrected chi connectivity index (χ0v) is 14.1. The van der Waals surface area contributed by atoms with Crippen LogP contribution in [0.5, 0.6) is 0 Å². The van der Waals surface area contributed by atoms with Gasteiger partial charge >= 0.3 is 12.1 Å². The van der Waals surface area contributed by atoms with Crippen molar-refractivity contribution < 1.29 is 32.6 Å². The van der Waals surface area contributed by atoms with Gasteiger partial charge in [-0.25, -0.2) is 22.7 Å². The molecule has 0 saturated heterocycles. The van der Waals surface area contributed by atoms with Crippen LogP contribution in [0.2, 0.25) is 0 Å². The van der Waals surface area contributed by atoms with Gasteiger partial charge in [0.25, 0.3) is 15.9 Å². The Hall–Kier alpha value is -2.62. The summed E-state index contributed by atoms with van der Waals surface area (Å²) in [6, 6.07) is 4.31. The third-order valence-electron chi connectivity index (χ3n) is 2.45. The van der Waals surface area contributed by atoms with Crippen LogP contribution in [0.4, 0.5) is 4.79 Å². The molecule has 1 aromatic carbocycles. The SMILES string of the molecule is CC(C)(C)OC(=O)NCC(=O)NS(=O)(=O)c1ccc(C(=O)O)cc1. The maximum absolute atomic E-state index is 12.0. The summed E-state index contributed by atoms with van der Waals surface area (Å²) in [6.07, 6.45) is -0.860. The van der Waals surface area contributed by atoms with Gasteiger partial charge in [-0.2, -0.15) is 0 Å². The van der Waals surface area contributed by atoms with Crippen molar-refractivity contribution in [2.24, 2.45) is 0 Å². The highest BCUT2D eigenvalue weighted by molar-refractivity contribution is 7.90. The molecule has 0 heterocycles. The summed E-state index contributed by atoms with van der Waals surface area (Å²) >= 11 is 0. The van der Waals surface area contributed by atoms with Crippen LogP contribution < -0.4 is 10.0 Å². The summed E-state index contributed by atoms with van der Waals surface area (Å²) in [6.45, 7) is 4.31. The lowest BCUT2D eigenvalue weighted by Crippen LogP contribution is -2.41. The highest BCUT2D eigenvalue weighted by Gasteiger charge is 2.20. The number of hydrogen-bond donors (Lipinski definition) is 3. The molecule has 0 bridgehead atoms. The molecule has 0 aliphatic carbocycles. The fraction of sp³-hybridized carbons (Fsp3) is 0.357. The van der Waals surface area contributed by atoms with E-state index in [1.54, 1.807) is 25.5 Å². The van der Waals surface area contributed by atoms with E-state index in [4.69, 9.17) is 9.84 Å². The molecule has 1 rings (SSSR count). The second-order valence-electron chi connectivity index (χ2n) is 5.71. The minimum absolute atomic E-state index is 0.0909. The number of benzene rings is 1. The molecule has 0 spiro atoms. The van der Waals surface area contributed by atoms with Crippen LogP contribution >= 0.6 is 0 Å². The molecule has 3 N–H and O–H groups in total. The Bertz CT molecular complexity index is 733. The molecule has 0 aliphatic heterocycles. The first-order valence-corrected chi connectivity index (χ1v) is 8.25. The van der Waals surface area contributed by atoms with Crippen molar-refractivity contribution in [2.75, 3.05) is 6.54 Å². The lowest BCUT2D eigenvalue weighted by molar-refractivity contribution is -0.118. The zero-order chi connectivity index (χ0) is 18.5. The van der Waals surface area contributed by atoms with Crippen molar-refractivity contribution in [1.82, 2.24) is 10.0 Å². The van der Waals surface area contributed by atoms with Crippen molar-refractivity contribution >= 4 is 28.0 Å². The number of hydrogen-bond acceptors (Lipinski definition) is 6. The van der Waals surface area contributed by atoms with E-state index < -0.39 is 40.1 Å². The lowest BCUT2D eigenvalue weighted by Gasteiger charge is -2.19. The van der Waals surface area contributed by atoms with E-state index in [-0.39, 0.29) is 10.5 Å². The summed E-state index contributed by atoms with van der Waals surface area (Å²) < 4.78 is 30.6. The minimum atomic E-state index is -4.17. The molecule has 9 nitrogen and oxygen atoms in total. The van der Waals surface area contributed by atoms with Crippen LogP contribution in [0, 0.1) is 0 Å². The van der Waals surface area contributed by atoms with E-state index in [1.165, 1.54) is 0 Å². The number of rotatable bonds is 5. The average Bonchev–Trinajstić information content (AvgIpc) is 2.43. The van der Waals surface area contributed by atoms with Gasteiger partial charge in [0.2, 0.25) is 0 Å². The number of amides is 2. The van der Waals surface area contributed by atoms with Crippen LogP contribution in [0.3, 0.4) is 0 Å². The van der Waals surface area contributed by atoms with E-state index in [9.17, 15) is 22.8 Å². The summed E-state index contributed by atoms with van der Waals surface area (Å²) in [5.74, 6) is -2.17. The van der Waals surface area contributed by atoms with Gasteiger partial charge in [-0.1, -0.05) is 0 Å². The molecule has 1 aromatic rings. The lowest BCUT2D eigenvalue weighted by atomic mass is 10.2.